The van der Waals surface area contributed by atoms with Crippen LogP contribution in [-0.2, 0) is 4.74 Å². The summed E-state index contributed by atoms with van der Waals surface area (Å²) in [5.74, 6) is 0. The number of benzene rings is 1. The number of hydrogen-bond donors (Lipinski definition) is 1. The van der Waals surface area contributed by atoms with E-state index < -0.39 is 6.09 Å². The number of likely N-dealkylation sites (tertiary alicyclic amines) is 1. The van der Waals surface area contributed by atoms with Crippen LogP contribution in [0.15, 0.2) is 30.3 Å². The molecule has 0 aliphatic carbocycles. The van der Waals surface area contributed by atoms with Crippen LogP contribution >= 0.6 is 0 Å². The van der Waals surface area contributed by atoms with Crippen molar-refractivity contribution in [1.29, 1.82) is 0 Å². The predicted octanol–water partition coefficient (Wildman–Crippen LogP) is 2.79. The Morgan fingerprint density at radius 2 is 1.67 bits per heavy atom. The maximum absolute atomic E-state index is 13.4. The van der Waals surface area contributed by atoms with Crippen LogP contribution < -0.4 is 0 Å². The maximum Gasteiger partial charge on any atom is 0.407 e. The zero-order valence-corrected chi connectivity index (χ0v) is 15.5. The summed E-state index contributed by atoms with van der Waals surface area (Å²) in [5, 5.41) is 9.21. The van der Waals surface area contributed by atoms with Crippen LogP contribution in [0.3, 0.4) is 0 Å². The lowest BCUT2D eigenvalue weighted by atomic mass is 9.99. The van der Waals surface area contributed by atoms with Crippen molar-refractivity contribution in [2.75, 3.05) is 32.8 Å². The number of hydrogen-bond acceptors (Lipinski definition) is 3. The minimum Gasteiger partial charge on any atom is -0.465 e. The first-order valence-electron chi connectivity index (χ1n) is 9.84. The molecule has 0 radical (unpaired) electrons. The van der Waals surface area contributed by atoms with E-state index in [4.69, 9.17) is 4.74 Å². The molecular weight excluding hydrogens is 346 g/mol. The standard InChI is InChI=1S/C20H27N3O4/c24-19-22(16-8-12-27-13-9-16)14-18(15-4-2-1-3-5-15)23(19)17-6-10-21(11-7-17)20(25)26/h1-5,16-18H,6-14H2,(H,25,26). The average Bonchev–Trinajstić information content (AvgIpc) is 3.06. The molecule has 0 saturated carbocycles. The van der Waals surface area contributed by atoms with Gasteiger partial charge in [-0.2, -0.15) is 0 Å². The van der Waals surface area contributed by atoms with Crippen LogP contribution in [-0.4, -0.2) is 76.9 Å². The van der Waals surface area contributed by atoms with Crippen LogP contribution in [0.1, 0.15) is 37.3 Å². The normalized spacial score (nSPS) is 25.3. The molecule has 3 aliphatic heterocycles. The first-order valence-corrected chi connectivity index (χ1v) is 9.84. The number of ether oxygens (including phenoxy) is 1. The molecule has 3 aliphatic rings. The summed E-state index contributed by atoms with van der Waals surface area (Å²) in [6.45, 7) is 3.10. The summed E-state index contributed by atoms with van der Waals surface area (Å²) in [6, 6.07) is 10.7. The number of carbonyl (C=O) groups excluding carboxylic acids is 1. The largest absolute Gasteiger partial charge is 0.465 e. The van der Waals surface area contributed by atoms with Crippen molar-refractivity contribution in [3.8, 4) is 0 Å². The summed E-state index contributed by atoms with van der Waals surface area (Å²) in [6.07, 6.45) is 2.30. The maximum atomic E-state index is 13.4. The van der Waals surface area contributed by atoms with E-state index >= 15 is 0 Å². The van der Waals surface area contributed by atoms with Crippen LogP contribution in [0.5, 0.6) is 0 Å². The van der Waals surface area contributed by atoms with E-state index in [-0.39, 0.29) is 24.2 Å². The van der Waals surface area contributed by atoms with Crippen molar-refractivity contribution in [3.05, 3.63) is 35.9 Å². The van der Waals surface area contributed by atoms with Gasteiger partial charge in [-0.15, -0.1) is 0 Å². The van der Waals surface area contributed by atoms with Crippen LogP contribution in [0.2, 0.25) is 0 Å². The highest BCUT2D eigenvalue weighted by Crippen LogP contribution is 2.36. The molecule has 7 heteroatoms. The predicted molar refractivity (Wildman–Crippen MR) is 99.6 cm³/mol. The summed E-state index contributed by atoms with van der Waals surface area (Å²) in [4.78, 5) is 30.1. The van der Waals surface area contributed by atoms with Crippen molar-refractivity contribution in [2.45, 2.75) is 43.8 Å². The Morgan fingerprint density at radius 1 is 1.00 bits per heavy atom. The molecule has 1 atom stereocenters. The van der Waals surface area contributed by atoms with E-state index in [2.05, 4.69) is 12.1 Å². The summed E-state index contributed by atoms with van der Waals surface area (Å²) in [5.41, 5.74) is 1.15. The number of carboxylic acid groups (broad SMARTS) is 1. The van der Waals surface area contributed by atoms with Crippen LogP contribution in [0, 0.1) is 0 Å². The minimum atomic E-state index is -0.871. The molecule has 1 aromatic carbocycles. The monoisotopic (exact) mass is 373 g/mol. The summed E-state index contributed by atoms with van der Waals surface area (Å²) >= 11 is 0. The van der Waals surface area contributed by atoms with E-state index in [0.717, 1.165) is 18.4 Å². The van der Waals surface area contributed by atoms with Gasteiger partial charge in [0.25, 0.3) is 0 Å². The van der Waals surface area contributed by atoms with Crippen LogP contribution in [0.4, 0.5) is 9.59 Å². The van der Waals surface area contributed by atoms with Crippen molar-refractivity contribution in [2.24, 2.45) is 0 Å². The molecule has 1 N–H and O–H groups in total. The zero-order valence-electron chi connectivity index (χ0n) is 15.5. The van der Waals surface area contributed by atoms with Gasteiger partial charge in [0.1, 0.15) is 0 Å². The third kappa shape index (κ3) is 3.60. The quantitative estimate of drug-likeness (QED) is 0.884. The van der Waals surface area contributed by atoms with E-state index in [9.17, 15) is 14.7 Å². The van der Waals surface area contributed by atoms with Gasteiger partial charge in [0.15, 0.2) is 0 Å². The molecule has 146 valence electrons. The highest BCUT2D eigenvalue weighted by Gasteiger charge is 2.45. The third-order valence-electron chi connectivity index (χ3n) is 6.12. The van der Waals surface area contributed by atoms with Gasteiger partial charge in [-0.25, -0.2) is 9.59 Å². The van der Waals surface area contributed by atoms with Gasteiger partial charge >= 0.3 is 12.1 Å². The SMILES string of the molecule is O=C(O)N1CCC(N2C(=O)N(C3CCOCC3)CC2c2ccccc2)CC1. The Hall–Kier alpha value is -2.28. The Bertz CT molecular complexity index is 669. The van der Waals surface area contributed by atoms with Gasteiger partial charge in [-0.3, -0.25) is 0 Å². The molecule has 3 saturated heterocycles. The molecule has 7 nitrogen and oxygen atoms in total. The third-order valence-corrected chi connectivity index (χ3v) is 6.12. The molecule has 4 rings (SSSR count). The number of nitrogens with zero attached hydrogens (tertiary/aromatic N) is 3. The van der Waals surface area contributed by atoms with Crippen molar-refractivity contribution < 1.29 is 19.4 Å². The van der Waals surface area contributed by atoms with Crippen LogP contribution in [0.25, 0.3) is 0 Å². The molecule has 3 amide bonds. The number of urea groups is 1. The first-order chi connectivity index (χ1) is 13.1. The van der Waals surface area contributed by atoms with E-state index in [0.29, 0.717) is 45.7 Å². The Labute approximate surface area is 159 Å². The lowest BCUT2D eigenvalue weighted by Gasteiger charge is -2.38. The summed E-state index contributed by atoms with van der Waals surface area (Å²) in [7, 11) is 0. The molecule has 0 aromatic heterocycles. The van der Waals surface area contributed by atoms with Gasteiger partial charge in [-0.1, -0.05) is 30.3 Å². The Kier molecular flexibility index (Phi) is 5.20. The zero-order chi connectivity index (χ0) is 18.8. The number of rotatable bonds is 3. The van der Waals surface area contributed by atoms with E-state index in [1.807, 2.05) is 28.0 Å². The fourth-order valence-corrected chi connectivity index (χ4v) is 4.62. The Morgan fingerprint density at radius 3 is 2.30 bits per heavy atom. The molecule has 0 spiro atoms. The molecule has 3 heterocycles. The van der Waals surface area contributed by atoms with E-state index in [1.165, 1.54) is 4.90 Å². The lowest BCUT2D eigenvalue weighted by Crippen LogP contribution is -2.49. The fourth-order valence-electron chi connectivity index (χ4n) is 4.62. The molecule has 27 heavy (non-hydrogen) atoms. The summed E-state index contributed by atoms with van der Waals surface area (Å²) < 4.78 is 5.47. The number of piperidine rings is 1. The topological polar surface area (TPSA) is 73.3 Å². The van der Waals surface area contributed by atoms with Gasteiger partial charge in [0.2, 0.25) is 0 Å². The highest BCUT2D eigenvalue weighted by atomic mass is 16.5. The highest BCUT2D eigenvalue weighted by molar-refractivity contribution is 5.78. The first kappa shape index (κ1) is 18.1. The van der Waals surface area contributed by atoms with Gasteiger partial charge in [0.05, 0.1) is 6.04 Å². The molecular formula is C20H27N3O4. The fraction of sp³-hybridized carbons (Fsp3) is 0.600. The van der Waals surface area contributed by atoms with Gasteiger partial charge in [-0.05, 0) is 31.2 Å². The smallest absolute Gasteiger partial charge is 0.407 e. The number of carbonyl (C=O) groups is 2. The number of amides is 3. The average molecular weight is 373 g/mol. The van der Waals surface area contributed by atoms with Crippen molar-refractivity contribution in [3.63, 3.8) is 0 Å². The second-order valence-electron chi connectivity index (χ2n) is 7.61. The van der Waals surface area contributed by atoms with Gasteiger partial charge in [0, 0.05) is 44.9 Å². The lowest BCUT2D eigenvalue weighted by molar-refractivity contribution is 0.0494. The molecule has 1 aromatic rings. The van der Waals surface area contributed by atoms with Crippen molar-refractivity contribution >= 4 is 12.1 Å². The van der Waals surface area contributed by atoms with Crippen molar-refractivity contribution in [1.82, 2.24) is 14.7 Å². The second-order valence-corrected chi connectivity index (χ2v) is 7.61. The molecule has 0 bridgehead atoms. The van der Waals surface area contributed by atoms with E-state index in [1.54, 1.807) is 0 Å². The molecule has 3 fully saturated rings. The second kappa shape index (κ2) is 7.76. The molecule has 1 unspecified atom stereocenters. The Balaban J connectivity index is 1.56. The minimum absolute atomic E-state index is 0.0305. The van der Waals surface area contributed by atoms with Gasteiger partial charge < -0.3 is 24.5 Å².